The monoisotopic (exact) mass is 554 g/mol. The van der Waals surface area contributed by atoms with Gasteiger partial charge in [-0.1, -0.05) is 30.3 Å². The molecule has 5 rings (SSSR count). The number of carbonyl (C=O) groups excluding carboxylic acids is 2. The Morgan fingerprint density at radius 1 is 1.05 bits per heavy atom. The van der Waals surface area contributed by atoms with E-state index in [-0.39, 0.29) is 29.6 Å². The van der Waals surface area contributed by atoms with E-state index in [0.717, 1.165) is 16.5 Å². The fourth-order valence-corrected chi connectivity index (χ4v) is 5.68. The van der Waals surface area contributed by atoms with Gasteiger partial charge in [-0.2, -0.15) is 13.2 Å². The van der Waals surface area contributed by atoms with Gasteiger partial charge in [-0.15, -0.1) is 11.3 Å². The zero-order chi connectivity index (χ0) is 27.6. The summed E-state index contributed by atoms with van der Waals surface area (Å²) in [5.41, 5.74) is 0.396. The molecule has 1 saturated heterocycles. The molecule has 0 unspecified atom stereocenters. The molecule has 0 aliphatic carbocycles. The second-order valence-electron chi connectivity index (χ2n) is 9.20. The molecule has 0 radical (unpaired) electrons. The molecule has 2 amide bonds. The Morgan fingerprint density at radius 2 is 1.77 bits per heavy atom. The van der Waals surface area contributed by atoms with E-state index >= 15 is 0 Å². The van der Waals surface area contributed by atoms with E-state index in [1.165, 1.54) is 29.5 Å². The van der Waals surface area contributed by atoms with E-state index < -0.39 is 17.6 Å². The summed E-state index contributed by atoms with van der Waals surface area (Å²) in [6, 6.07) is 14.3. The molecule has 11 heteroatoms. The Balaban J connectivity index is 1.20. The number of thiazole rings is 1. The fraction of sp³-hybridized carbons (Fsp3) is 0.286. The van der Waals surface area contributed by atoms with Crippen LogP contribution in [-0.2, 0) is 12.7 Å². The first-order valence-electron chi connectivity index (χ1n) is 12.4. The van der Waals surface area contributed by atoms with Crippen molar-refractivity contribution in [3.63, 3.8) is 0 Å². The lowest BCUT2D eigenvalue weighted by molar-refractivity contribution is -0.138. The van der Waals surface area contributed by atoms with Crippen LogP contribution in [0.3, 0.4) is 0 Å². The van der Waals surface area contributed by atoms with Gasteiger partial charge in [-0.3, -0.25) is 9.59 Å². The van der Waals surface area contributed by atoms with Crippen molar-refractivity contribution in [3.8, 4) is 5.75 Å². The van der Waals surface area contributed by atoms with E-state index in [1.807, 2.05) is 24.3 Å². The molecule has 1 aliphatic heterocycles. The maximum absolute atomic E-state index is 13.2. The molecule has 202 valence electrons. The van der Waals surface area contributed by atoms with Gasteiger partial charge in [0.05, 0.1) is 23.2 Å². The first kappa shape index (κ1) is 26.6. The number of hydrogen-bond acceptors (Lipinski definition) is 6. The highest BCUT2D eigenvalue weighted by atomic mass is 32.1. The molecule has 1 N–H and O–H groups in total. The molecule has 0 saturated carbocycles. The Hall–Kier alpha value is -3.99. The molecular weight excluding hydrogens is 529 g/mol. The third-order valence-electron chi connectivity index (χ3n) is 6.77. The number of rotatable bonds is 6. The molecular formula is C28H25F3N4O3S. The standard InChI is InChI=1S/C28H25F3N4O3S/c1-38-24-14-22(33-21-9-5-3-7-19(21)24)27(37)35-12-10-17(11-13-35)26-34-23(16-39-26)25(36)32-15-18-6-2-4-8-20(18)28(29,30)31/h2-9,14,16-17H,10-13,15H2,1H3,(H,32,36). The first-order valence-corrected chi connectivity index (χ1v) is 13.2. The number of aromatic nitrogens is 2. The summed E-state index contributed by atoms with van der Waals surface area (Å²) in [5, 5.41) is 5.76. The predicted molar refractivity (Wildman–Crippen MR) is 141 cm³/mol. The molecule has 2 aromatic heterocycles. The van der Waals surface area contributed by atoms with E-state index in [4.69, 9.17) is 4.74 Å². The van der Waals surface area contributed by atoms with Gasteiger partial charge >= 0.3 is 6.18 Å². The number of alkyl halides is 3. The van der Waals surface area contributed by atoms with E-state index in [1.54, 1.807) is 23.5 Å². The lowest BCUT2D eigenvalue weighted by Crippen LogP contribution is -2.38. The maximum atomic E-state index is 13.2. The van der Waals surface area contributed by atoms with Crippen molar-refractivity contribution in [1.29, 1.82) is 0 Å². The van der Waals surface area contributed by atoms with Crippen molar-refractivity contribution < 1.29 is 27.5 Å². The number of fused-ring (bicyclic) bond motifs is 1. The minimum Gasteiger partial charge on any atom is -0.496 e. The molecule has 0 bridgehead atoms. The number of pyridine rings is 1. The molecule has 0 atom stereocenters. The van der Waals surface area contributed by atoms with Gasteiger partial charge in [0.25, 0.3) is 11.8 Å². The number of ether oxygens (including phenoxy) is 1. The van der Waals surface area contributed by atoms with Gasteiger partial charge in [0.2, 0.25) is 0 Å². The molecule has 1 aliphatic rings. The number of hydrogen-bond donors (Lipinski definition) is 1. The van der Waals surface area contributed by atoms with Crippen molar-refractivity contribution >= 4 is 34.1 Å². The summed E-state index contributed by atoms with van der Waals surface area (Å²) in [7, 11) is 1.56. The number of likely N-dealkylation sites (tertiary alicyclic amines) is 1. The van der Waals surface area contributed by atoms with Crippen LogP contribution in [0.2, 0.25) is 0 Å². The van der Waals surface area contributed by atoms with Crippen molar-refractivity contribution in [2.75, 3.05) is 20.2 Å². The average molecular weight is 555 g/mol. The number of carbonyl (C=O) groups is 2. The van der Waals surface area contributed by atoms with Crippen LogP contribution >= 0.6 is 11.3 Å². The zero-order valence-electron chi connectivity index (χ0n) is 21.0. The van der Waals surface area contributed by atoms with Gasteiger partial charge in [0.15, 0.2) is 0 Å². The summed E-state index contributed by atoms with van der Waals surface area (Å²) >= 11 is 1.34. The third kappa shape index (κ3) is 5.73. The molecule has 4 aromatic rings. The van der Waals surface area contributed by atoms with Crippen molar-refractivity contribution in [3.05, 3.63) is 87.5 Å². The summed E-state index contributed by atoms with van der Waals surface area (Å²) < 4.78 is 45.1. The Morgan fingerprint density at radius 3 is 2.51 bits per heavy atom. The highest BCUT2D eigenvalue weighted by Crippen LogP contribution is 2.33. The smallest absolute Gasteiger partial charge is 0.416 e. The van der Waals surface area contributed by atoms with Crippen LogP contribution in [0.5, 0.6) is 5.75 Å². The van der Waals surface area contributed by atoms with E-state index in [0.29, 0.717) is 42.9 Å². The van der Waals surface area contributed by atoms with Crippen LogP contribution in [-0.4, -0.2) is 46.9 Å². The lowest BCUT2D eigenvalue weighted by Gasteiger charge is -2.31. The molecule has 39 heavy (non-hydrogen) atoms. The lowest BCUT2D eigenvalue weighted by atomic mass is 9.97. The number of nitrogens with one attached hydrogen (secondary N) is 1. The Labute approximate surface area is 226 Å². The van der Waals surface area contributed by atoms with Crippen molar-refractivity contribution in [2.45, 2.75) is 31.5 Å². The van der Waals surface area contributed by atoms with Crippen molar-refractivity contribution in [2.24, 2.45) is 0 Å². The van der Waals surface area contributed by atoms with E-state index in [2.05, 4.69) is 15.3 Å². The topological polar surface area (TPSA) is 84.4 Å². The van der Waals surface area contributed by atoms with Gasteiger partial charge in [0, 0.05) is 42.4 Å². The second-order valence-corrected chi connectivity index (χ2v) is 10.1. The van der Waals surface area contributed by atoms with Crippen LogP contribution in [0, 0.1) is 0 Å². The van der Waals surface area contributed by atoms with Crippen LogP contribution in [0.15, 0.2) is 60.0 Å². The summed E-state index contributed by atoms with van der Waals surface area (Å²) in [6.45, 7) is 0.765. The summed E-state index contributed by atoms with van der Waals surface area (Å²) in [4.78, 5) is 36.5. The molecule has 1 fully saturated rings. The predicted octanol–water partition coefficient (Wildman–Crippen LogP) is 5.67. The van der Waals surface area contributed by atoms with Gasteiger partial charge in [0.1, 0.15) is 17.1 Å². The van der Waals surface area contributed by atoms with Crippen LogP contribution in [0.1, 0.15) is 55.9 Å². The molecule has 2 aromatic carbocycles. The molecule has 3 heterocycles. The minimum atomic E-state index is -4.50. The SMILES string of the molecule is COc1cc(C(=O)N2CCC(c3nc(C(=O)NCc4ccccc4C(F)(F)F)cs3)CC2)nc2ccccc12. The largest absolute Gasteiger partial charge is 0.496 e. The van der Waals surface area contributed by atoms with Gasteiger partial charge in [-0.05, 0) is 36.6 Å². The number of piperidine rings is 1. The number of halogens is 3. The number of para-hydroxylation sites is 1. The number of amides is 2. The molecule has 7 nitrogen and oxygen atoms in total. The number of nitrogens with zero attached hydrogens (tertiary/aromatic N) is 3. The first-order chi connectivity index (χ1) is 18.7. The van der Waals surface area contributed by atoms with Crippen LogP contribution in [0.25, 0.3) is 10.9 Å². The quantitative estimate of drug-likeness (QED) is 0.332. The fourth-order valence-electron chi connectivity index (χ4n) is 4.71. The van der Waals surface area contributed by atoms with Crippen LogP contribution in [0.4, 0.5) is 13.2 Å². The van der Waals surface area contributed by atoms with Crippen molar-refractivity contribution in [1.82, 2.24) is 20.2 Å². The average Bonchev–Trinajstić information content (AvgIpc) is 3.45. The zero-order valence-corrected chi connectivity index (χ0v) is 21.8. The highest BCUT2D eigenvalue weighted by molar-refractivity contribution is 7.09. The maximum Gasteiger partial charge on any atom is 0.416 e. The van der Waals surface area contributed by atoms with Gasteiger partial charge in [-0.25, -0.2) is 9.97 Å². The Bertz CT molecular complexity index is 1510. The minimum absolute atomic E-state index is 0.00985. The number of methoxy groups -OCH3 is 1. The third-order valence-corrected chi connectivity index (χ3v) is 7.77. The second kappa shape index (κ2) is 11.0. The summed E-state index contributed by atoms with van der Waals surface area (Å²) in [5.74, 6) is -0.0331. The Kier molecular flexibility index (Phi) is 7.51. The normalized spacial score (nSPS) is 14.4. The van der Waals surface area contributed by atoms with Gasteiger partial charge < -0.3 is 15.0 Å². The number of benzene rings is 2. The van der Waals surface area contributed by atoms with E-state index in [9.17, 15) is 22.8 Å². The molecule has 0 spiro atoms. The van der Waals surface area contributed by atoms with Crippen LogP contribution < -0.4 is 10.1 Å². The summed E-state index contributed by atoms with van der Waals surface area (Å²) in [6.07, 6.45) is -3.16. The highest BCUT2D eigenvalue weighted by Gasteiger charge is 2.33.